The molecule has 3 rings (SSSR count). The molecular weight excluding hydrogens is 356 g/mol. The van der Waals surface area contributed by atoms with E-state index in [-0.39, 0.29) is 19.0 Å². The lowest BCUT2D eigenvalue weighted by Gasteiger charge is -2.21. The Kier molecular flexibility index (Phi) is 6.16. The molecule has 0 amide bonds. The number of methoxy groups -OCH3 is 1. The Morgan fingerprint density at radius 1 is 1.11 bits per heavy atom. The van der Waals surface area contributed by atoms with E-state index in [0.717, 1.165) is 22.3 Å². The van der Waals surface area contributed by atoms with Gasteiger partial charge in [0.15, 0.2) is 6.10 Å². The Labute approximate surface area is 164 Å². The molecule has 0 aromatic heterocycles. The number of esters is 1. The van der Waals surface area contributed by atoms with Crippen LogP contribution in [0.2, 0.25) is 0 Å². The fraction of sp³-hybridized carbons (Fsp3) is 0.261. The number of benzene rings is 3. The fourth-order valence-electron chi connectivity index (χ4n) is 3.20. The second kappa shape index (κ2) is 8.76. The first-order valence-electron chi connectivity index (χ1n) is 9.17. The number of aromatic hydroxyl groups is 1. The van der Waals surface area contributed by atoms with E-state index in [2.05, 4.69) is 0 Å². The van der Waals surface area contributed by atoms with Crippen molar-refractivity contribution >= 4 is 16.7 Å². The Bertz CT molecular complexity index is 963. The summed E-state index contributed by atoms with van der Waals surface area (Å²) in [5.74, 6) is 0.266. The van der Waals surface area contributed by atoms with E-state index in [1.807, 2.05) is 61.5 Å². The first kappa shape index (κ1) is 19.7. The Hall–Kier alpha value is -3.05. The third-order valence-electron chi connectivity index (χ3n) is 4.61. The quantitative estimate of drug-likeness (QED) is 0.603. The van der Waals surface area contributed by atoms with Crippen molar-refractivity contribution in [1.82, 2.24) is 0 Å². The van der Waals surface area contributed by atoms with Crippen molar-refractivity contribution in [2.75, 3.05) is 13.7 Å². The summed E-state index contributed by atoms with van der Waals surface area (Å²) < 4.78 is 16.3. The van der Waals surface area contributed by atoms with Crippen molar-refractivity contribution in [1.29, 1.82) is 0 Å². The van der Waals surface area contributed by atoms with Crippen LogP contribution in [0.3, 0.4) is 0 Å². The van der Waals surface area contributed by atoms with Gasteiger partial charge in [0, 0.05) is 10.9 Å². The molecule has 0 aliphatic heterocycles. The minimum atomic E-state index is -1.02. The van der Waals surface area contributed by atoms with E-state index < -0.39 is 12.1 Å². The van der Waals surface area contributed by atoms with Crippen molar-refractivity contribution in [2.24, 2.45) is 0 Å². The SMILES string of the molecule is CCOC(=O)[C@@H](OCc1ccc(OC)cc1)c1c(C)cc2ccccc2c1O. The van der Waals surface area contributed by atoms with Gasteiger partial charge >= 0.3 is 5.97 Å². The number of hydrogen-bond acceptors (Lipinski definition) is 5. The number of carbonyl (C=O) groups excluding carboxylic acids is 1. The molecule has 1 atom stereocenters. The predicted molar refractivity (Wildman–Crippen MR) is 108 cm³/mol. The van der Waals surface area contributed by atoms with Crippen molar-refractivity contribution in [3.63, 3.8) is 0 Å². The predicted octanol–water partition coefficient (Wildman–Crippen LogP) is 4.68. The molecule has 0 fully saturated rings. The zero-order valence-electron chi connectivity index (χ0n) is 16.3. The highest BCUT2D eigenvalue weighted by atomic mass is 16.6. The molecule has 3 aromatic rings. The summed E-state index contributed by atoms with van der Waals surface area (Å²) in [4.78, 5) is 12.6. The maximum absolute atomic E-state index is 12.6. The number of hydrogen-bond donors (Lipinski definition) is 1. The average Bonchev–Trinajstić information content (AvgIpc) is 2.71. The van der Waals surface area contributed by atoms with Gasteiger partial charge < -0.3 is 19.3 Å². The zero-order valence-corrected chi connectivity index (χ0v) is 16.3. The van der Waals surface area contributed by atoms with E-state index >= 15 is 0 Å². The van der Waals surface area contributed by atoms with Crippen LogP contribution in [0.5, 0.6) is 11.5 Å². The van der Waals surface area contributed by atoms with Gasteiger partial charge in [0.25, 0.3) is 0 Å². The molecule has 0 saturated heterocycles. The molecule has 0 heterocycles. The number of ether oxygens (including phenoxy) is 3. The number of aryl methyl sites for hydroxylation is 1. The van der Waals surface area contributed by atoms with Gasteiger partial charge in [0.05, 0.1) is 20.3 Å². The average molecular weight is 380 g/mol. The molecule has 0 saturated carbocycles. The van der Waals surface area contributed by atoms with E-state index in [4.69, 9.17) is 14.2 Å². The van der Waals surface area contributed by atoms with Crippen molar-refractivity contribution < 1.29 is 24.1 Å². The largest absolute Gasteiger partial charge is 0.507 e. The monoisotopic (exact) mass is 380 g/mol. The lowest BCUT2D eigenvalue weighted by molar-refractivity contribution is -0.158. The van der Waals surface area contributed by atoms with Gasteiger partial charge in [-0.3, -0.25) is 0 Å². The molecule has 28 heavy (non-hydrogen) atoms. The molecule has 146 valence electrons. The van der Waals surface area contributed by atoms with Crippen LogP contribution in [0, 0.1) is 6.92 Å². The Balaban J connectivity index is 1.95. The van der Waals surface area contributed by atoms with Gasteiger partial charge in [-0.15, -0.1) is 0 Å². The van der Waals surface area contributed by atoms with Crippen LogP contribution in [-0.4, -0.2) is 24.8 Å². The van der Waals surface area contributed by atoms with Gasteiger partial charge in [-0.2, -0.15) is 0 Å². The summed E-state index contributed by atoms with van der Waals surface area (Å²) in [6, 6.07) is 16.8. The summed E-state index contributed by atoms with van der Waals surface area (Å²) in [5.41, 5.74) is 2.09. The molecule has 5 heteroatoms. The molecule has 0 bridgehead atoms. The molecule has 0 radical (unpaired) electrons. The van der Waals surface area contributed by atoms with Gasteiger partial charge in [-0.1, -0.05) is 42.5 Å². The standard InChI is InChI=1S/C23H24O5/c1-4-27-23(25)22(28-14-16-9-11-18(26-3)12-10-16)20-15(2)13-17-7-5-6-8-19(17)21(20)24/h5-13,22,24H,4,14H2,1-3H3/t22-/m0/s1. The molecular formula is C23H24O5. The lowest BCUT2D eigenvalue weighted by atomic mass is 9.96. The fourth-order valence-corrected chi connectivity index (χ4v) is 3.20. The summed E-state index contributed by atoms with van der Waals surface area (Å²) in [6.45, 7) is 4.02. The molecule has 0 spiro atoms. The highest BCUT2D eigenvalue weighted by Crippen LogP contribution is 2.38. The Morgan fingerprint density at radius 3 is 2.50 bits per heavy atom. The topological polar surface area (TPSA) is 65.0 Å². The van der Waals surface area contributed by atoms with Crippen LogP contribution < -0.4 is 4.74 Å². The number of fused-ring (bicyclic) bond motifs is 1. The van der Waals surface area contributed by atoms with E-state index in [1.54, 1.807) is 14.0 Å². The van der Waals surface area contributed by atoms with Crippen molar-refractivity contribution in [2.45, 2.75) is 26.6 Å². The van der Waals surface area contributed by atoms with Crippen LogP contribution >= 0.6 is 0 Å². The third-order valence-corrected chi connectivity index (χ3v) is 4.61. The van der Waals surface area contributed by atoms with E-state index in [9.17, 15) is 9.90 Å². The van der Waals surface area contributed by atoms with Crippen molar-refractivity contribution in [3.8, 4) is 11.5 Å². The molecule has 3 aromatic carbocycles. The minimum absolute atomic E-state index is 0.0448. The summed E-state index contributed by atoms with van der Waals surface area (Å²) in [5, 5.41) is 12.5. The lowest BCUT2D eigenvalue weighted by Crippen LogP contribution is -2.20. The highest BCUT2D eigenvalue weighted by Gasteiger charge is 2.28. The van der Waals surface area contributed by atoms with Gasteiger partial charge in [-0.05, 0) is 42.5 Å². The van der Waals surface area contributed by atoms with Crippen LogP contribution in [0.4, 0.5) is 0 Å². The maximum Gasteiger partial charge on any atom is 0.340 e. The summed E-state index contributed by atoms with van der Waals surface area (Å²) in [6.07, 6.45) is -1.02. The summed E-state index contributed by atoms with van der Waals surface area (Å²) in [7, 11) is 1.60. The van der Waals surface area contributed by atoms with Gasteiger partial charge in [0.1, 0.15) is 11.5 Å². The number of phenolic OH excluding ortho intramolecular Hbond substituents is 1. The van der Waals surface area contributed by atoms with Gasteiger partial charge in [0.2, 0.25) is 0 Å². The summed E-state index contributed by atoms with van der Waals surface area (Å²) >= 11 is 0. The number of phenols is 1. The highest BCUT2D eigenvalue weighted by molar-refractivity contribution is 5.92. The second-order valence-electron chi connectivity index (χ2n) is 6.47. The smallest absolute Gasteiger partial charge is 0.340 e. The molecule has 1 N–H and O–H groups in total. The zero-order chi connectivity index (χ0) is 20.1. The normalized spacial score (nSPS) is 12.0. The van der Waals surface area contributed by atoms with Crippen molar-refractivity contribution in [3.05, 3.63) is 71.3 Å². The molecule has 0 unspecified atom stereocenters. The van der Waals surface area contributed by atoms with E-state index in [0.29, 0.717) is 10.9 Å². The molecule has 5 nitrogen and oxygen atoms in total. The number of rotatable bonds is 7. The molecule has 0 aliphatic carbocycles. The van der Waals surface area contributed by atoms with Gasteiger partial charge in [-0.25, -0.2) is 4.79 Å². The first-order chi connectivity index (χ1) is 13.5. The second-order valence-corrected chi connectivity index (χ2v) is 6.47. The molecule has 0 aliphatic rings. The number of carbonyl (C=O) groups is 1. The Morgan fingerprint density at radius 2 is 1.82 bits per heavy atom. The van der Waals surface area contributed by atoms with Crippen LogP contribution in [0.1, 0.15) is 29.7 Å². The van der Waals surface area contributed by atoms with E-state index in [1.165, 1.54) is 0 Å². The maximum atomic E-state index is 12.6. The van der Waals surface area contributed by atoms with Crippen LogP contribution in [-0.2, 0) is 20.9 Å². The van der Waals surface area contributed by atoms with Crippen LogP contribution in [0.25, 0.3) is 10.8 Å². The van der Waals surface area contributed by atoms with Crippen LogP contribution in [0.15, 0.2) is 54.6 Å². The first-order valence-corrected chi connectivity index (χ1v) is 9.17. The third kappa shape index (κ3) is 4.10. The minimum Gasteiger partial charge on any atom is -0.507 e.